The number of aliphatic imine (C=N–C) groups is 1. The highest BCUT2D eigenvalue weighted by Gasteiger charge is 2.42. The molecule has 2 heterocycles. The Labute approximate surface area is 532 Å². The standard InChI is InChI=1S/C52H78N18O22S/c53-51(54)58-14-1-3-26(45(87)62-20-33(77)64-27(9-11-34(78)79)46(88)61-19-32(76)56-15-16-93)65-49(91)37(42(85)40(83)30(74)22-72)68-47(89)28(10-12-35(80)81)66-48(90)36(41(84)39(82)29(73)21-71)67-31(75)4-2-13-57-44(86)23-5-7-24(8-6-23)59-17-25-18-60-43-38(63-25)50(92)70-52(55)69-43/h5-8,18,26-30,36-37,39-42,59,71-74,82-85,93H,1-4,9-17,19-22H2,(H,56,76)(H,57,86)(H,61,88)(H,62,87)(H,64,77)(H,65,91)(H,66,90)(H,67,75)(H,68,89)(H,78,79)(H,80,81)(H4,53,54,58)(H3,55,60,69,70,92)/t26-,27-,28-,29+,30+,36-,37-,39+,40+,41+,42+/m0/s1. The monoisotopic (exact) mass is 1340 g/mol. The van der Waals surface area contributed by atoms with Crippen molar-refractivity contribution in [3.63, 3.8) is 0 Å². The number of carbonyl (C=O) groups excluding carboxylic acids is 9. The van der Waals surface area contributed by atoms with Gasteiger partial charge in [-0.05, 0) is 56.4 Å². The molecule has 0 radical (unpaired) electrons. The number of aliphatic carboxylic acids is 2. The van der Waals surface area contributed by atoms with E-state index in [1.54, 1.807) is 12.1 Å². The fourth-order valence-corrected chi connectivity index (χ4v) is 8.28. The van der Waals surface area contributed by atoms with Gasteiger partial charge in [-0.1, -0.05) is 0 Å². The molecule has 0 aliphatic rings. The van der Waals surface area contributed by atoms with Gasteiger partial charge in [-0.2, -0.15) is 17.6 Å². The van der Waals surface area contributed by atoms with Crippen molar-refractivity contribution >= 4 is 106 Å². The molecule has 41 heteroatoms. The summed E-state index contributed by atoms with van der Waals surface area (Å²) >= 11 is 3.95. The molecule has 0 aliphatic heterocycles. The van der Waals surface area contributed by atoms with Gasteiger partial charge in [-0.3, -0.25) is 67.5 Å². The summed E-state index contributed by atoms with van der Waals surface area (Å²) in [6.07, 6.45) is -17.5. The van der Waals surface area contributed by atoms with E-state index in [4.69, 9.17) is 17.2 Å². The number of carbonyl (C=O) groups is 11. The average molecular weight is 1340 g/mol. The van der Waals surface area contributed by atoms with Crippen molar-refractivity contribution in [2.45, 2.75) is 125 Å². The number of nitrogens with one attached hydrogen (secondary N) is 11. The number of nitrogen functional groups attached to an aromatic ring is 1. The molecular formula is C52H78N18O22S. The maximum absolute atomic E-state index is 14.2. The summed E-state index contributed by atoms with van der Waals surface area (Å²) in [4.78, 5) is 174. The molecule has 0 aliphatic carbocycles. The second kappa shape index (κ2) is 39.7. The molecule has 40 nitrogen and oxygen atoms in total. The third-order valence-corrected chi connectivity index (χ3v) is 13.4. The molecule has 0 saturated heterocycles. The molecule has 514 valence electrons. The minimum Gasteiger partial charge on any atom is -0.481 e. The van der Waals surface area contributed by atoms with E-state index in [9.17, 15) is 109 Å². The number of hydrogen-bond acceptors (Lipinski definition) is 27. The van der Waals surface area contributed by atoms with Crippen LogP contribution in [0.25, 0.3) is 11.2 Å². The van der Waals surface area contributed by atoms with Crippen LogP contribution in [0.1, 0.15) is 67.4 Å². The summed E-state index contributed by atoms with van der Waals surface area (Å²) in [5.41, 5.74) is 16.9. The molecule has 3 rings (SSSR count). The fourth-order valence-electron chi connectivity index (χ4n) is 8.17. The number of nitrogens with two attached hydrogens (primary N) is 3. The van der Waals surface area contributed by atoms with Crippen molar-refractivity contribution in [3.05, 3.63) is 52.1 Å². The molecule has 27 N–H and O–H groups in total. The minimum atomic E-state index is -2.67. The van der Waals surface area contributed by atoms with E-state index in [-0.39, 0.29) is 67.4 Å². The Hall–Kier alpha value is -9.49. The Morgan fingerprint density at radius 3 is 1.67 bits per heavy atom. The van der Waals surface area contributed by atoms with Gasteiger partial charge in [0.1, 0.15) is 66.8 Å². The van der Waals surface area contributed by atoms with Crippen LogP contribution in [0.2, 0.25) is 0 Å². The number of guanidine groups is 1. The number of thiol groups is 1. The Morgan fingerprint density at radius 1 is 0.591 bits per heavy atom. The number of aliphatic hydroxyl groups excluding tert-OH is 8. The number of benzene rings is 1. The lowest BCUT2D eigenvalue weighted by Crippen LogP contribution is -2.65. The van der Waals surface area contributed by atoms with Gasteiger partial charge in [-0.15, -0.1) is 0 Å². The zero-order chi connectivity index (χ0) is 69.5. The molecule has 9 amide bonds. The van der Waals surface area contributed by atoms with Crippen LogP contribution in [0, 0.1) is 0 Å². The van der Waals surface area contributed by atoms with Crippen molar-refractivity contribution in [1.82, 2.24) is 67.8 Å². The third-order valence-electron chi connectivity index (χ3n) is 13.1. The number of amides is 9. The predicted molar refractivity (Wildman–Crippen MR) is 324 cm³/mol. The number of aromatic nitrogens is 4. The minimum absolute atomic E-state index is 0.0322. The summed E-state index contributed by atoms with van der Waals surface area (Å²) in [6, 6.07) is -4.48. The van der Waals surface area contributed by atoms with E-state index in [0.29, 0.717) is 11.4 Å². The first-order valence-electron chi connectivity index (χ1n) is 28.4. The average Bonchev–Trinajstić information content (AvgIpc) is 1.24. The molecule has 0 fully saturated rings. The number of carboxylic acid groups (broad SMARTS) is 2. The smallest absolute Gasteiger partial charge is 0.303 e. The summed E-state index contributed by atoms with van der Waals surface area (Å²) in [6.45, 7) is -4.18. The van der Waals surface area contributed by atoms with Crippen molar-refractivity contribution < 1.29 is 104 Å². The van der Waals surface area contributed by atoms with E-state index in [1.165, 1.54) is 18.3 Å². The molecular weight excluding hydrogens is 1260 g/mol. The zero-order valence-corrected chi connectivity index (χ0v) is 50.5. The molecule has 2 aromatic heterocycles. The highest BCUT2D eigenvalue weighted by molar-refractivity contribution is 7.80. The third kappa shape index (κ3) is 27.1. The van der Waals surface area contributed by atoms with Crippen LogP contribution in [-0.4, -0.2) is 261 Å². The summed E-state index contributed by atoms with van der Waals surface area (Å²) < 4.78 is 0. The molecule has 0 unspecified atom stereocenters. The maximum Gasteiger partial charge on any atom is 0.303 e. The van der Waals surface area contributed by atoms with Gasteiger partial charge >= 0.3 is 11.9 Å². The normalized spacial score (nSPS) is 14.6. The van der Waals surface area contributed by atoms with Crippen molar-refractivity contribution in [1.29, 1.82) is 0 Å². The SMILES string of the molecule is NC(N)=NCCC[C@H](NC(=O)[C@@H](NC(=O)[C@H](CCC(=O)O)NC(=O)[C@@H](NC(=O)CCCNC(=O)c1ccc(NCc2cnc3nc(N)[nH]c(=O)c3n2)cc1)[C@@H](O)[C@H](O)[C@H](O)CO)[C@@H](O)[C@H](O)[C@H](O)CO)C(=O)NCC(=O)N[C@@H](CCC(=O)O)C(=O)NCC(=O)NCCS. The van der Waals surface area contributed by atoms with E-state index >= 15 is 0 Å². The van der Waals surface area contributed by atoms with Crippen molar-refractivity contribution in [3.8, 4) is 0 Å². The Balaban J connectivity index is 1.82. The number of fused-ring (bicyclic) bond motifs is 1. The lowest BCUT2D eigenvalue weighted by Gasteiger charge is -2.32. The number of H-pyrrole nitrogens is 1. The first kappa shape index (κ1) is 77.8. The summed E-state index contributed by atoms with van der Waals surface area (Å²) in [5, 5.41) is 125. The van der Waals surface area contributed by atoms with Crippen molar-refractivity contribution in [2.24, 2.45) is 16.5 Å². The molecule has 0 saturated carbocycles. The lowest BCUT2D eigenvalue weighted by molar-refractivity contribution is -0.144. The number of carboxylic acids is 2. The zero-order valence-electron chi connectivity index (χ0n) is 49.6. The second-order valence-corrected chi connectivity index (χ2v) is 20.8. The number of aromatic amines is 1. The summed E-state index contributed by atoms with van der Waals surface area (Å²) in [7, 11) is 0. The number of hydrogen-bond donors (Lipinski definition) is 25. The molecule has 0 bridgehead atoms. The fraction of sp³-hybridized carbons (Fsp3) is 0.538. The van der Waals surface area contributed by atoms with Gasteiger partial charge in [0.15, 0.2) is 17.1 Å². The van der Waals surface area contributed by atoms with E-state index in [1.807, 2.05) is 10.6 Å². The lowest BCUT2D eigenvalue weighted by atomic mass is 9.98. The Morgan fingerprint density at radius 2 is 1.13 bits per heavy atom. The number of aliphatic hydroxyl groups is 8. The topological polar surface area (TPSA) is 672 Å². The maximum atomic E-state index is 14.2. The van der Waals surface area contributed by atoms with E-state index < -0.39 is 208 Å². The van der Waals surface area contributed by atoms with Crippen LogP contribution in [0.5, 0.6) is 0 Å². The van der Waals surface area contributed by atoms with E-state index in [2.05, 4.69) is 80.1 Å². The summed E-state index contributed by atoms with van der Waals surface area (Å²) in [5.74, 6) is -13.7. The van der Waals surface area contributed by atoms with Crippen LogP contribution >= 0.6 is 12.6 Å². The highest BCUT2D eigenvalue weighted by atomic mass is 32.1. The first-order chi connectivity index (χ1) is 44.0. The van der Waals surface area contributed by atoms with Crippen LogP contribution in [0.4, 0.5) is 11.6 Å². The van der Waals surface area contributed by atoms with Gasteiger partial charge in [0.05, 0.1) is 44.7 Å². The van der Waals surface area contributed by atoms with Gasteiger partial charge in [0.2, 0.25) is 53.2 Å². The number of anilines is 2. The van der Waals surface area contributed by atoms with Crippen LogP contribution < -0.4 is 75.9 Å². The largest absolute Gasteiger partial charge is 0.481 e. The number of rotatable bonds is 42. The van der Waals surface area contributed by atoms with Gasteiger partial charge in [0, 0.05) is 55.9 Å². The van der Waals surface area contributed by atoms with Gasteiger partial charge < -0.3 is 121 Å². The predicted octanol–water partition coefficient (Wildman–Crippen LogP) is -10.9. The highest BCUT2D eigenvalue weighted by Crippen LogP contribution is 2.15. The molecule has 3 aromatic rings. The van der Waals surface area contributed by atoms with Crippen LogP contribution in [-0.2, 0) is 54.5 Å². The molecule has 11 atom stereocenters. The Bertz CT molecular complexity index is 3140. The van der Waals surface area contributed by atoms with Crippen LogP contribution in [0.15, 0.2) is 40.2 Å². The second-order valence-electron chi connectivity index (χ2n) is 20.3. The van der Waals surface area contributed by atoms with Gasteiger partial charge in [-0.25, -0.2) is 9.97 Å². The van der Waals surface area contributed by atoms with Crippen LogP contribution in [0.3, 0.4) is 0 Å². The first-order valence-corrected chi connectivity index (χ1v) is 29.0. The van der Waals surface area contributed by atoms with Gasteiger partial charge in [0.25, 0.3) is 11.5 Å². The molecule has 1 aromatic carbocycles. The molecule has 93 heavy (non-hydrogen) atoms. The molecule has 0 spiro atoms. The van der Waals surface area contributed by atoms with E-state index in [0.717, 1.165) is 0 Å². The number of nitrogens with zero attached hydrogens (tertiary/aromatic N) is 4. The van der Waals surface area contributed by atoms with Crippen molar-refractivity contribution in [2.75, 3.05) is 62.7 Å². The Kier molecular flexibility index (Phi) is 33.2. The quantitative estimate of drug-likeness (QED) is 0.0108.